The van der Waals surface area contributed by atoms with Gasteiger partial charge in [-0.3, -0.25) is 0 Å². The molecule has 138 valence electrons. The van der Waals surface area contributed by atoms with Crippen molar-refractivity contribution in [1.82, 2.24) is 0 Å². The molecule has 0 aliphatic heterocycles. The lowest BCUT2D eigenvalue weighted by molar-refractivity contribution is 0.589. The molecule has 0 nitrogen and oxygen atoms in total. The fourth-order valence-corrected chi connectivity index (χ4v) is 6.40. The molecule has 2 atom stereocenters. The van der Waals surface area contributed by atoms with E-state index in [1.165, 1.54) is 57.1 Å². The quantitative estimate of drug-likeness (QED) is 0.279. The van der Waals surface area contributed by atoms with Gasteiger partial charge in [0.2, 0.25) is 0 Å². The average molecular weight is 370 g/mol. The van der Waals surface area contributed by atoms with Crippen LogP contribution in [0.2, 0.25) is 0 Å². The second kappa shape index (κ2) is 5.48. The first-order valence-electron chi connectivity index (χ1n) is 10.8. The van der Waals surface area contributed by atoms with E-state index in [0.717, 1.165) is 5.92 Å². The molecule has 1 saturated carbocycles. The van der Waals surface area contributed by atoms with Gasteiger partial charge in [0.25, 0.3) is 0 Å². The molecule has 0 spiro atoms. The van der Waals surface area contributed by atoms with Gasteiger partial charge in [-0.15, -0.1) is 0 Å². The van der Waals surface area contributed by atoms with E-state index in [0.29, 0.717) is 0 Å². The summed E-state index contributed by atoms with van der Waals surface area (Å²) in [7, 11) is 0. The Kier molecular flexibility index (Phi) is 2.98. The first-order chi connectivity index (χ1) is 14.3. The third kappa shape index (κ3) is 1.99. The minimum absolute atomic E-state index is 0.161. The molecule has 2 unspecified atom stereocenters. The van der Waals surface area contributed by atoms with Crippen molar-refractivity contribution >= 4 is 37.9 Å². The highest BCUT2D eigenvalue weighted by Gasteiger charge is 2.48. The molecule has 2 bridgehead atoms. The molecular formula is C29H22. The molecule has 7 rings (SSSR count). The van der Waals surface area contributed by atoms with Crippen molar-refractivity contribution in [3.8, 4) is 0 Å². The minimum atomic E-state index is 0.161. The topological polar surface area (TPSA) is 0 Å². The van der Waals surface area contributed by atoms with Crippen LogP contribution in [-0.2, 0) is 5.41 Å². The second-order valence-electron chi connectivity index (χ2n) is 9.00. The first-order valence-corrected chi connectivity index (χ1v) is 10.8. The predicted molar refractivity (Wildman–Crippen MR) is 124 cm³/mol. The summed E-state index contributed by atoms with van der Waals surface area (Å²) in [5.74, 6) is 0.726. The Hall–Kier alpha value is -3.12. The lowest BCUT2D eigenvalue weighted by atomic mass is 9.70. The summed E-state index contributed by atoms with van der Waals surface area (Å²) in [4.78, 5) is 0. The number of hydrogen-bond donors (Lipinski definition) is 0. The van der Waals surface area contributed by atoms with Gasteiger partial charge in [-0.1, -0.05) is 91.0 Å². The van der Waals surface area contributed by atoms with Crippen LogP contribution in [-0.4, -0.2) is 0 Å². The van der Waals surface area contributed by atoms with E-state index in [-0.39, 0.29) is 5.41 Å². The van der Waals surface area contributed by atoms with Gasteiger partial charge < -0.3 is 0 Å². The zero-order chi connectivity index (χ0) is 19.0. The molecule has 0 heteroatoms. The van der Waals surface area contributed by atoms with Gasteiger partial charge in [0.1, 0.15) is 0 Å². The maximum absolute atomic E-state index is 2.58. The van der Waals surface area contributed by atoms with Gasteiger partial charge in [-0.25, -0.2) is 0 Å². The maximum Gasteiger partial charge on any atom is 0.0217 e. The van der Waals surface area contributed by atoms with Gasteiger partial charge in [0.15, 0.2) is 0 Å². The minimum Gasteiger partial charge on any atom is -0.0766 e. The maximum atomic E-state index is 2.58. The van der Waals surface area contributed by atoms with E-state index < -0.39 is 0 Å². The monoisotopic (exact) mass is 370 g/mol. The number of benzene rings is 5. The van der Waals surface area contributed by atoms with Gasteiger partial charge in [-0.05, 0) is 74.2 Å². The normalized spacial score (nSPS) is 23.4. The Bertz CT molecular complexity index is 1410. The standard InChI is InChI=1S/C29H22/c1-2-5-20(6-3-1)26-17-19-15-16-29(26,18-19)25-14-12-23-10-9-21-7-4-8-22-11-13-24(25)28(23)27(21)22/h1-14,17,19H,15-16,18H2. The first kappa shape index (κ1) is 15.8. The van der Waals surface area contributed by atoms with Crippen LogP contribution in [0.5, 0.6) is 0 Å². The van der Waals surface area contributed by atoms with Crippen LogP contribution in [0.3, 0.4) is 0 Å². The smallest absolute Gasteiger partial charge is 0.0217 e. The van der Waals surface area contributed by atoms with Crippen LogP contribution in [0.4, 0.5) is 0 Å². The van der Waals surface area contributed by atoms with Gasteiger partial charge in [-0.2, -0.15) is 0 Å². The van der Waals surface area contributed by atoms with Crippen molar-refractivity contribution in [1.29, 1.82) is 0 Å². The van der Waals surface area contributed by atoms with E-state index in [1.54, 1.807) is 11.1 Å². The third-order valence-electron chi connectivity index (χ3n) is 7.60. The lowest BCUT2D eigenvalue weighted by Gasteiger charge is -2.33. The van der Waals surface area contributed by atoms with Crippen LogP contribution in [0.15, 0.2) is 91.0 Å². The van der Waals surface area contributed by atoms with Crippen molar-refractivity contribution in [3.63, 3.8) is 0 Å². The summed E-state index contributed by atoms with van der Waals surface area (Å²) < 4.78 is 0. The molecule has 0 saturated heterocycles. The van der Waals surface area contributed by atoms with E-state index in [2.05, 4.69) is 91.0 Å². The highest BCUT2D eigenvalue weighted by atomic mass is 14.5. The summed E-state index contributed by atoms with van der Waals surface area (Å²) >= 11 is 0. The van der Waals surface area contributed by atoms with E-state index in [4.69, 9.17) is 0 Å². The van der Waals surface area contributed by atoms with Crippen molar-refractivity contribution in [2.75, 3.05) is 0 Å². The fraction of sp³-hybridized carbons (Fsp3) is 0.172. The average Bonchev–Trinajstić information content (AvgIpc) is 3.38. The zero-order valence-electron chi connectivity index (χ0n) is 16.4. The molecule has 5 aromatic carbocycles. The SMILES string of the molecule is C1=C(c2ccccc2)C2(c3ccc4ccc5cccc6ccc3c4c56)CCC1C2. The molecule has 0 N–H and O–H groups in total. The van der Waals surface area contributed by atoms with Crippen molar-refractivity contribution in [3.05, 3.63) is 102 Å². The van der Waals surface area contributed by atoms with Crippen molar-refractivity contribution in [2.45, 2.75) is 24.7 Å². The van der Waals surface area contributed by atoms with Crippen LogP contribution in [0.25, 0.3) is 37.9 Å². The summed E-state index contributed by atoms with van der Waals surface area (Å²) in [6, 6.07) is 31.9. The van der Waals surface area contributed by atoms with E-state index in [9.17, 15) is 0 Å². The zero-order valence-corrected chi connectivity index (χ0v) is 16.4. The molecule has 0 radical (unpaired) electrons. The predicted octanol–water partition coefficient (Wildman–Crippen LogP) is 7.72. The highest BCUT2D eigenvalue weighted by Crippen LogP contribution is 2.60. The van der Waals surface area contributed by atoms with Gasteiger partial charge in [0, 0.05) is 5.41 Å². The summed E-state index contributed by atoms with van der Waals surface area (Å²) in [5, 5.41) is 8.40. The highest BCUT2D eigenvalue weighted by molar-refractivity contribution is 6.23. The molecule has 2 aliphatic rings. The number of allylic oxidation sites excluding steroid dienone is 2. The number of rotatable bonds is 2. The van der Waals surface area contributed by atoms with Crippen LogP contribution in [0.1, 0.15) is 30.4 Å². The van der Waals surface area contributed by atoms with Crippen molar-refractivity contribution in [2.24, 2.45) is 5.92 Å². The third-order valence-corrected chi connectivity index (χ3v) is 7.60. The van der Waals surface area contributed by atoms with Crippen LogP contribution >= 0.6 is 0 Å². The Morgan fingerprint density at radius 3 is 2.17 bits per heavy atom. The van der Waals surface area contributed by atoms with Crippen LogP contribution < -0.4 is 0 Å². The van der Waals surface area contributed by atoms with E-state index in [1.807, 2.05) is 0 Å². The second-order valence-corrected chi connectivity index (χ2v) is 9.00. The molecule has 5 aromatic rings. The molecule has 0 amide bonds. The molecule has 2 aliphatic carbocycles. The molecule has 1 fully saturated rings. The Morgan fingerprint density at radius 1 is 0.655 bits per heavy atom. The Morgan fingerprint density at radius 2 is 1.38 bits per heavy atom. The van der Waals surface area contributed by atoms with Crippen molar-refractivity contribution < 1.29 is 0 Å². The Labute approximate surface area is 170 Å². The largest absolute Gasteiger partial charge is 0.0766 e. The molecule has 0 heterocycles. The number of hydrogen-bond acceptors (Lipinski definition) is 0. The van der Waals surface area contributed by atoms with Crippen LogP contribution in [0, 0.1) is 5.92 Å². The lowest BCUT2D eigenvalue weighted by Crippen LogP contribution is -2.23. The summed E-state index contributed by atoms with van der Waals surface area (Å²) in [5.41, 5.74) is 4.66. The molecular weight excluding hydrogens is 348 g/mol. The number of fused-ring (bicyclic) bond motifs is 2. The Balaban J connectivity index is 1.57. The molecule has 29 heavy (non-hydrogen) atoms. The molecule has 0 aromatic heterocycles. The van der Waals surface area contributed by atoms with Gasteiger partial charge >= 0.3 is 0 Å². The summed E-state index contributed by atoms with van der Waals surface area (Å²) in [6.07, 6.45) is 6.43. The van der Waals surface area contributed by atoms with Gasteiger partial charge in [0.05, 0.1) is 0 Å². The van der Waals surface area contributed by atoms with E-state index >= 15 is 0 Å². The fourth-order valence-electron chi connectivity index (χ4n) is 6.40. The summed E-state index contributed by atoms with van der Waals surface area (Å²) in [6.45, 7) is 0.